The largest absolute Gasteiger partial charge is 0.378 e. The molecule has 1 aliphatic heterocycles. The Bertz CT molecular complexity index is 408. The second-order valence-corrected chi connectivity index (χ2v) is 4.42. The monoisotopic (exact) mass is 267 g/mol. The quantitative estimate of drug-likeness (QED) is 0.561. The van der Waals surface area contributed by atoms with E-state index in [4.69, 9.17) is 10.6 Å². The van der Waals surface area contributed by atoms with Gasteiger partial charge < -0.3 is 14.5 Å². The standard InChI is InChI=1S/C11H21N7O/c1-3-4-17(2)10-13-9(16-12)14-11(15-10)18-5-7-19-8-6-18/h3-8,12H2,1-2H3,(H,13,14,15,16). The summed E-state index contributed by atoms with van der Waals surface area (Å²) in [6.07, 6.45) is 1.03. The minimum absolute atomic E-state index is 0.384. The van der Waals surface area contributed by atoms with Crippen molar-refractivity contribution < 1.29 is 4.74 Å². The number of nitrogens with zero attached hydrogens (tertiary/aromatic N) is 5. The second kappa shape index (κ2) is 6.48. The first-order chi connectivity index (χ1) is 9.24. The van der Waals surface area contributed by atoms with Gasteiger partial charge in [-0.3, -0.25) is 5.43 Å². The van der Waals surface area contributed by atoms with Crippen molar-refractivity contribution in [1.82, 2.24) is 15.0 Å². The summed E-state index contributed by atoms with van der Waals surface area (Å²) in [5, 5.41) is 0. The zero-order valence-corrected chi connectivity index (χ0v) is 11.5. The van der Waals surface area contributed by atoms with Gasteiger partial charge in [0.2, 0.25) is 17.8 Å². The molecule has 2 rings (SSSR count). The molecule has 1 aromatic rings. The van der Waals surface area contributed by atoms with Crippen LogP contribution in [0, 0.1) is 0 Å². The molecule has 0 radical (unpaired) electrons. The van der Waals surface area contributed by atoms with Crippen LogP contribution in [0.1, 0.15) is 13.3 Å². The highest BCUT2D eigenvalue weighted by Crippen LogP contribution is 2.16. The van der Waals surface area contributed by atoms with Crippen LogP contribution in [0.5, 0.6) is 0 Å². The molecule has 0 atom stereocenters. The first kappa shape index (κ1) is 13.8. The van der Waals surface area contributed by atoms with E-state index in [1.807, 2.05) is 11.9 Å². The number of ether oxygens (including phenoxy) is 1. The summed E-state index contributed by atoms with van der Waals surface area (Å²) < 4.78 is 5.33. The van der Waals surface area contributed by atoms with Crippen molar-refractivity contribution in [2.45, 2.75) is 13.3 Å². The van der Waals surface area contributed by atoms with E-state index in [-0.39, 0.29) is 0 Å². The van der Waals surface area contributed by atoms with Gasteiger partial charge in [0.25, 0.3) is 0 Å². The van der Waals surface area contributed by atoms with Gasteiger partial charge in [0.1, 0.15) is 0 Å². The Hall–Kier alpha value is -1.67. The lowest BCUT2D eigenvalue weighted by molar-refractivity contribution is 0.122. The average molecular weight is 267 g/mol. The van der Waals surface area contributed by atoms with Gasteiger partial charge in [0.15, 0.2) is 0 Å². The molecular formula is C11H21N7O. The summed E-state index contributed by atoms with van der Waals surface area (Å²) in [6.45, 7) is 5.95. The molecule has 0 spiro atoms. The minimum atomic E-state index is 0.384. The van der Waals surface area contributed by atoms with E-state index in [0.717, 1.165) is 26.1 Å². The average Bonchev–Trinajstić information content (AvgIpc) is 2.48. The van der Waals surface area contributed by atoms with Crippen molar-refractivity contribution in [2.75, 3.05) is 55.1 Å². The van der Waals surface area contributed by atoms with E-state index in [2.05, 4.69) is 32.2 Å². The number of anilines is 3. The molecule has 2 heterocycles. The van der Waals surface area contributed by atoms with Crippen molar-refractivity contribution >= 4 is 17.8 Å². The molecule has 0 amide bonds. The molecule has 1 aromatic heterocycles. The topological polar surface area (TPSA) is 92.4 Å². The van der Waals surface area contributed by atoms with E-state index >= 15 is 0 Å². The number of hydrazine groups is 1. The van der Waals surface area contributed by atoms with E-state index in [1.54, 1.807) is 0 Å². The number of hydrogen-bond acceptors (Lipinski definition) is 8. The molecule has 0 saturated carbocycles. The molecule has 106 valence electrons. The Morgan fingerprint density at radius 3 is 2.68 bits per heavy atom. The zero-order chi connectivity index (χ0) is 13.7. The number of nitrogens with two attached hydrogens (primary N) is 1. The minimum Gasteiger partial charge on any atom is -0.378 e. The first-order valence-electron chi connectivity index (χ1n) is 6.51. The smallest absolute Gasteiger partial charge is 0.243 e. The highest BCUT2D eigenvalue weighted by Gasteiger charge is 2.17. The predicted octanol–water partition coefficient (Wildman–Crippen LogP) is -0.160. The molecule has 19 heavy (non-hydrogen) atoms. The maximum absolute atomic E-state index is 5.43. The predicted molar refractivity (Wildman–Crippen MR) is 74.2 cm³/mol. The van der Waals surface area contributed by atoms with Gasteiger partial charge in [0.05, 0.1) is 13.2 Å². The SMILES string of the molecule is CCCN(C)c1nc(NN)nc(N2CCOCC2)n1. The van der Waals surface area contributed by atoms with Crippen molar-refractivity contribution in [3.63, 3.8) is 0 Å². The number of aromatic nitrogens is 3. The second-order valence-electron chi connectivity index (χ2n) is 4.42. The molecule has 0 aromatic carbocycles. The highest BCUT2D eigenvalue weighted by molar-refractivity contribution is 5.44. The maximum Gasteiger partial charge on any atom is 0.243 e. The van der Waals surface area contributed by atoms with E-state index < -0.39 is 0 Å². The third-order valence-electron chi connectivity index (χ3n) is 2.94. The van der Waals surface area contributed by atoms with E-state index in [0.29, 0.717) is 31.1 Å². The summed E-state index contributed by atoms with van der Waals surface area (Å²) >= 11 is 0. The summed E-state index contributed by atoms with van der Waals surface area (Å²) in [7, 11) is 1.96. The number of nitrogens with one attached hydrogen (secondary N) is 1. The van der Waals surface area contributed by atoms with Gasteiger partial charge >= 0.3 is 0 Å². The number of rotatable bonds is 5. The van der Waals surface area contributed by atoms with Crippen LogP contribution in [-0.4, -0.2) is 54.8 Å². The molecule has 0 aliphatic carbocycles. The number of morpholine rings is 1. The lowest BCUT2D eigenvalue weighted by Crippen LogP contribution is -2.38. The molecule has 3 N–H and O–H groups in total. The van der Waals surface area contributed by atoms with Crippen LogP contribution in [0.25, 0.3) is 0 Å². The van der Waals surface area contributed by atoms with Crippen LogP contribution in [0.4, 0.5) is 17.8 Å². The van der Waals surface area contributed by atoms with Gasteiger partial charge in [0, 0.05) is 26.7 Å². The Labute approximate surface area is 112 Å². The van der Waals surface area contributed by atoms with E-state index in [1.165, 1.54) is 0 Å². The maximum atomic E-state index is 5.43. The lowest BCUT2D eigenvalue weighted by atomic mass is 10.4. The van der Waals surface area contributed by atoms with Gasteiger partial charge in [-0.1, -0.05) is 6.92 Å². The van der Waals surface area contributed by atoms with Crippen molar-refractivity contribution in [1.29, 1.82) is 0 Å². The molecule has 0 unspecified atom stereocenters. The summed E-state index contributed by atoms with van der Waals surface area (Å²) in [5.74, 6) is 7.08. The Morgan fingerprint density at radius 2 is 2.05 bits per heavy atom. The molecular weight excluding hydrogens is 246 g/mol. The summed E-state index contributed by atoms with van der Waals surface area (Å²) in [4.78, 5) is 17.2. The fourth-order valence-electron chi connectivity index (χ4n) is 1.93. The van der Waals surface area contributed by atoms with Gasteiger partial charge in [-0.25, -0.2) is 5.84 Å². The van der Waals surface area contributed by atoms with Crippen molar-refractivity contribution in [2.24, 2.45) is 5.84 Å². The number of nitrogen functional groups attached to an aromatic ring is 1. The van der Waals surface area contributed by atoms with Crippen molar-refractivity contribution in [3.05, 3.63) is 0 Å². The lowest BCUT2D eigenvalue weighted by Gasteiger charge is -2.27. The van der Waals surface area contributed by atoms with Crippen LogP contribution in [0.2, 0.25) is 0 Å². The van der Waals surface area contributed by atoms with Crippen LogP contribution in [0.3, 0.4) is 0 Å². The Kier molecular flexibility index (Phi) is 4.69. The van der Waals surface area contributed by atoms with Gasteiger partial charge in [-0.15, -0.1) is 0 Å². The van der Waals surface area contributed by atoms with E-state index in [9.17, 15) is 0 Å². The fraction of sp³-hybridized carbons (Fsp3) is 0.727. The molecule has 8 nitrogen and oxygen atoms in total. The Morgan fingerprint density at radius 1 is 1.32 bits per heavy atom. The molecule has 1 saturated heterocycles. The summed E-state index contributed by atoms with van der Waals surface area (Å²) in [5.41, 5.74) is 2.50. The molecule has 8 heteroatoms. The molecule has 0 bridgehead atoms. The van der Waals surface area contributed by atoms with Crippen LogP contribution >= 0.6 is 0 Å². The first-order valence-corrected chi connectivity index (χ1v) is 6.51. The van der Waals surface area contributed by atoms with Crippen LogP contribution in [0.15, 0.2) is 0 Å². The van der Waals surface area contributed by atoms with Gasteiger partial charge in [-0.2, -0.15) is 15.0 Å². The third kappa shape index (κ3) is 3.42. The molecule has 1 aliphatic rings. The van der Waals surface area contributed by atoms with Crippen LogP contribution < -0.4 is 21.1 Å². The van der Waals surface area contributed by atoms with Crippen LogP contribution in [-0.2, 0) is 4.74 Å². The van der Waals surface area contributed by atoms with Gasteiger partial charge in [-0.05, 0) is 6.42 Å². The number of hydrogen-bond donors (Lipinski definition) is 2. The Balaban J connectivity index is 2.24. The summed E-state index contributed by atoms with van der Waals surface area (Å²) in [6, 6.07) is 0. The third-order valence-corrected chi connectivity index (χ3v) is 2.94. The van der Waals surface area contributed by atoms with Crippen molar-refractivity contribution in [3.8, 4) is 0 Å². The highest BCUT2D eigenvalue weighted by atomic mass is 16.5. The molecule has 1 fully saturated rings. The zero-order valence-electron chi connectivity index (χ0n) is 11.5. The normalized spacial score (nSPS) is 15.4. The fourth-order valence-corrected chi connectivity index (χ4v) is 1.93.